The molecule has 3 rings (SSSR count). The first-order valence-corrected chi connectivity index (χ1v) is 8.31. The van der Waals surface area contributed by atoms with E-state index in [2.05, 4.69) is 9.97 Å². The zero-order chi connectivity index (χ0) is 18.5. The summed E-state index contributed by atoms with van der Waals surface area (Å²) in [6.07, 6.45) is 2.13. The molecule has 0 saturated carbocycles. The SMILES string of the molecule is COC[C@H]1CCN(C(=O)c2cnc(COc3ccc(F)cc3)[nH]c2=O)C1. The van der Waals surface area contributed by atoms with Crippen LogP contribution >= 0.6 is 0 Å². The predicted octanol–water partition coefficient (Wildman–Crippen LogP) is 1.60. The van der Waals surface area contributed by atoms with Gasteiger partial charge in [0.2, 0.25) is 0 Å². The molecule has 1 aliphatic heterocycles. The quantitative estimate of drug-likeness (QED) is 0.845. The summed E-state index contributed by atoms with van der Waals surface area (Å²) in [5.41, 5.74) is -0.494. The molecular formula is C18H20FN3O4. The molecule has 0 aliphatic carbocycles. The molecule has 2 heterocycles. The third kappa shape index (κ3) is 4.26. The van der Waals surface area contributed by atoms with Crippen molar-refractivity contribution in [1.29, 1.82) is 0 Å². The Kier molecular flexibility index (Phi) is 5.62. The van der Waals surface area contributed by atoms with E-state index in [9.17, 15) is 14.0 Å². The van der Waals surface area contributed by atoms with E-state index in [4.69, 9.17) is 9.47 Å². The standard InChI is InChI=1S/C18H20FN3O4/c1-25-10-12-6-7-22(9-12)18(24)15-8-20-16(21-17(15)23)11-26-14-4-2-13(19)3-5-14/h2-5,8,12H,6-7,9-11H2,1H3,(H,20,21,23)/t12-/m0/s1. The van der Waals surface area contributed by atoms with Gasteiger partial charge in [0.25, 0.3) is 11.5 Å². The highest BCUT2D eigenvalue weighted by Crippen LogP contribution is 2.18. The van der Waals surface area contributed by atoms with E-state index in [-0.39, 0.29) is 29.7 Å². The van der Waals surface area contributed by atoms with Gasteiger partial charge in [-0.3, -0.25) is 9.59 Å². The molecule has 0 radical (unpaired) electrons. The number of hydrogen-bond donors (Lipinski definition) is 1. The molecule has 7 nitrogen and oxygen atoms in total. The Morgan fingerprint density at radius 3 is 2.85 bits per heavy atom. The summed E-state index contributed by atoms with van der Waals surface area (Å²) in [5, 5.41) is 0. The van der Waals surface area contributed by atoms with Gasteiger partial charge in [0.15, 0.2) is 0 Å². The second kappa shape index (κ2) is 8.09. The lowest BCUT2D eigenvalue weighted by molar-refractivity contribution is 0.0773. The number of ether oxygens (including phenoxy) is 2. The summed E-state index contributed by atoms with van der Waals surface area (Å²) >= 11 is 0. The molecule has 1 atom stereocenters. The van der Waals surface area contributed by atoms with Gasteiger partial charge in [-0.2, -0.15) is 0 Å². The molecule has 1 amide bonds. The van der Waals surface area contributed by atoms with Gasteiger partial charge < -0.3 is 19.4 Å². The zero-order valence-electron chi connectivity index (χ0n) is 14.4. The average molecular weight is 361 g/mol. The average Bonchev–Trinajstić information content (AvgIpc) is 3.10. The second-order valence-electron chi connectivity index (χ2n) is 6.18. The molecule has 1 aliphatic rings. The van der Waals surface area contributed by atoms with Crippen molar-refractivity contribution in [3.05, 3.63) is 58.0 Å². The molecule has 8 heteroatoms. The van der Waals surface area contributed by atoms with E-state index in [1.165, 1.54) is 30.5 Å². The van der Waals surface area contributed by atoms with Crippen LogP contribution in [0.5, 0.6) is 5.75 Å². The number of rotatable bonds is 6. The number of carbonyl (C=O) groups is 1. The lowest BCUT2D eigenvalue weighted by Gasteiger charge is -2.16. The van der Waals surface area contributed by atoms with Gasteiger partial charge in [0.1, 0.15) is 29.6 Å². The highest BCUT2D eigenvalue weighted by molar-refractivity contribution is 5.93. The highest BCUT2D eigenvalue weighted by Gasteiger charge is 2.28. The van der Waals surface area contributed by atoms with E-state index >= 15 is 0 Å². The Morgan fingerprint density at radius 1 is 1.38 bits per heavy atom. The molecule has 26 heavy (non-hydrogen) atoms. The number of halogens is 1. The Balaban J connectivity index is 1.63. The molecule has 2 aromatic rings. The maximum atomic E-state index is 12.9. The number of aromatic nitrogens is 2. The van der Waals surface area contributed by atoms with Crippen LogP contribution in [0.25, 0.3) is 0 Å². The Morgan fingerprint density at radius 2 is 2.15 bits per heavy atom. The molecule has 0 spiro atoms. The summed E-state index contributed by atoms with van der Waals surface area (Å²) < 4.78 is 23.4. The minimum absolute atomic E-state index is 0.00796. The fraction of sp³-hybridized carbons (Fsp3) is 0.389. The normalized spacial score (nSPS) is 16.7. The number of amides is 1. The predicted molar refractivity (Wildman–Crippen MR) is 91.5 cm³/mol. The van der Waals surface area contributed by atoms with Crippen LogP contribution in [0.3, 0.4) is 0 Å². The van der Waals surface area contributed by atoms with E-state index in [1.54, 1.807) is 12.0 Å². The van der Waals surface area contributed by atoms with E-state index < -0.39 is 5.56 Å². The smallest absolute Gasteiger partial charge is 0.263 e. The second-order valence-corrected chi connectivity index (χ2v) is 6.18. The molecule has 0 bridgehead atoms. The minimum Gasteiger partial charge on any atom is -0.486 e. The van der Waals surface area contributed by atoms with Crippen molar-refractivity contribution in [2.45, 2.75) is 13.0 Å². The number of methoxy groups -OCH3 is 1. The number of benzene rings is 1. The molecule has 138 valence electrons. The van der Waals surface area contributed by atoms with Crippen molar-refractivity contribution >= 4 is 5.91 Å². The maximum absolute atomic E-state index is 12.9. The molecule has 1 aromatic carbocycles. The third-order valence-corrected chi connectivity index (χ3v) is 4.25. The number of H-pyrrole nitrogens is 1. The van der Waals surface area contributed by atoms with Gasteiger partial charge in [-0.15, -0.1) is 0 Å². The first-order chi connectivity index (χ1) is 12.6. The van der Waals surface area contributed by atoms with Crippen molar-refractivity contribution in [2.75, 3.05) is 26.8 Å². The summed E-state index contributed by atoms with van der Waals surface area (Å²) in [7, 11) is 1.63. The van der Waals surface area contributed by atoms with Gasteiger partial charge in [0.05, 0.1) is 6.61 Å². The summed E-state index contributed by atoms with van der Waals surface area (Å²) in [4.78, 5) is 33.0. The molecule has 1 N–H and O–H groups in total. The van der Waals surface area contributed by atoms with Gasteiger partial charge in [-0.05, 0) is 30.7 Å². The van der Waals surface area contributed by atoms with Crippen LogP contribution in [-0.2, 0) is 11.3 Å². The van der Waals surface area contributed by atoms with Gasteiger partial charge >= 0.3 is 0 Å². The Labute approximate surface area is 149 Å². The van der Waals surface area contributed by atoms with Gasteiger partial charge in [-0.25, -0.2) is 9.37 Å². The van der Waals surface area contributed by atoms with Crippen LogP contribution in [0.1, 0.15) is 22.6 Å². The van der Waals surface area contributed by atoms with Crippen LogP contribution in [0.2, 0.25) is 0 Å². The van der Waals surface area contributed by atoms with E-state index in [1.807, 2.05) is 0 Å². The van der Waals surface area contributed by atoms with Crippen molar-refractivity contribution < 1.29 is 18.7 Å². The monoisotopic (exact) mass is 361 g/mol. The van der Waals surface area contributed by atoms with Crippen LogP contribution < -0.4 is 10.3 Å². The fourth-order valence-electron chi connectivity index (χ4n) is 2.90. The molecule has 1 saturated heterocycles. The summed E-state index contributed by atoms with van der Waals surface area (Å²) in [6, 6.07) is 5.52. The number of nitrogens with one attached hydrogen (secondary N) is 1. The topological polar surface area (TPSA) is 84.5 Å². The lowest BCUT2D eigenvalue weighted by atomic mass is 10.1. The number of aromatic amines is 1. The fourth-order valence-corrected chi connectivity index (χ4v) is 2.90. The molecular weight excluding hydrogens is 341 g/mol. The van der Waals surface area contributed by atoms with Crippen LogP contribution in [0.4, 0.5) is 4.39 Å². The van der Waals surface area contributed by atoms with E-state index in [0.717, 1.165) is 6.42 Å². The number of nitrogens with zero attached hydrogens (tertiary/aromatic N) is 2. The minimum atomic E-state index is -0.502. The summed E-state index contributed by atoms with van der Waals surface area (Å²) in [5.74, 6) is 0.342. The first-order valence-electron chi connectivity index (χ1n) is 8.31. The van der Waals surface area contributed by atoms with Gasteiger partial charge in [0, 0.05) is 32.3 Å². The number of likely N-dealkylation sites (tertiary alicyclic amines) is 1. The van der Waals surface area contributed by atoms with Crippen molar-refractivity contribution in [1.82, 2.24) is 14.9 Å². The largest absolute Gasteiger partial charge is 0.486 e. The molecule has 1 aromatic heterocycles. The Hall–Kier alpha value is -2.74. The van der Waals surface area contributed by atoms with Crippen molar-refractivity contribution in [3.8, 4) is 5.75 Å². The van der Waals surface area contributed by atoms with E-state index in [0.29, 0.717) is 31.4 Å². The first kappa shape index (κ1) is 18.1. The molecule has 0 unspecified atom stereocenters. The summed E-state index contributed by atoms with van der Waals surface area (Å²) in [6.45, 7) is 1.77. The van der Waals surface area contributed by atoms with Gasteiger partial charge in [-0.1, -0.05) is 0 Å². The Bertz CT molecular complexity index is 822. The van der Waals surface area contributed by atoms with Crippen molar-refractivity contribution in [3.63, 3.8) is 0 Å². The number of carbonyl (C=O) groups excluding carboxylic acids is 1. The van der Waals surface area contributed by atoms with Crippen LogP contribution in [-0.4, -0.2) is 47.6 Å². The zero-order valence-corrected chi connectivity index (χ0v) is 14.4. The highest BCUT2D eigenvalue weighted by atomic mass is 19.1. The lowest BCUT2D eigenvalue weighted by Crippen LogP contribution is -2.34. The van der Waals surface area contributed by atoms with Crippen molar-refractivity contribution in [2.24, 2.45) is 5.92 Å². The maximum Gasteiger partial charge on any atom is 0.263 e. The van der Waals surface area contributed by atoms with Crippen LogP contribution in [0, 0.1) is 11.7 Å². The van der Waals surface area contributed by atoms with Crippen LogP contribution in [0.15, 0.2) is 35.3 Å². The molecule has 1 fully saturated rings. The number of hydrogen-bond acceptors (Lipinski definition) is 5. The third-order valence-electron chi connectivity index (χ3n) is 4.25.